The van der Waals surface area contributed by atoms with Gasteiger partial charge in [-0.1, -0.05) is 12.1 Å². The van der Waals surface area contributed by atoms with Gasteiger partial charge in [0.1, 0.15) is 5.75 Å². The molecule has 0 amide bonds. The van der Waals surface area contributed by atoms with E-state index >= 15 is 0 Å². The number of ether oxygens (including phenoxy) is 2. The second-order valence-corrected chi connectivity index (χ2v) is 6.55. The largest absolute Gasteiger partial charge is 0.495 e. The summed E-state index contributed by atoms with van der Waals surface area (Å²) in [6.07, 6.45) is -0.235. The van der Waals surface area contributed by atoms with E-state index in [4.69, 9.17) is 9.47 Å². The Balaban J connectivity index is 2.18. The molecule has 1 saturated heterocycles. The predicted molar refractivity (Wildman–Crippen MR) is 77.1 cm³/mol. The van der Waals surface area contributed by atoms with Gasteiger partial charge in [-0.15, -0.1) is 0 Å². The zero-order valence-corrected chi connectivity index (χ0v) is 12.7. The normalized spacial score (nSPS) is 24.4. The fraction of sp³-hybridized carbons (Fsp3) is 0.538. The van der Waals surface area contributed by atoms with Crippen molar-refractivity contribution in [1.82, 2.24) is 4.31 Å². The maximum absolute atomic E-state index is 12.4. The van der Waals surface area contributed by atoms with Crippen LogP contribution in [0.15, 0.2) is 24.3 Å². The Kier molecular flexibility index (Phi) is 4.52. The molecule has 1 fully saturated rings. The maximum atomic E-state index is 12.4. The van der Waals surface area contributed by atoms with Gasteiger partial charge in [-0.2, -0.15) is 12.7 Å². The monoisotopic (exact) mass is 300 g/mol. The van der Waals surface area contributed by atoms with E-state index in [0.29, 0.717) is 24.5 Å². The van der Waals surface area contributed by atoms with E-state index in [1.807, 2.05) is 13.8 Å². The topological polar surface area (TPSA) is 67.9 Å². The van der Waals surface area contributed by atoms with Crippen molar-refractivity contribution in [1.29, 1.82) is 0 Å². The number of hydrogen-bond acceptors (Lipinski definition) is 4. The molecule has 2 atom stereocenters. The highest BCUT2D eigenvalue weighted by molar-refractivity contribution is 7.90. The molecule has 1 N–H and O–H groups in total. The Hall–Kier alpha value is -1.31. The zero-order chi connectivity index (χ0) is 14.8. The first-order valence-electron chi connectivity index (χ1n) is 6.48. The number of rotatable bonds is 4. The Morgan fingerprint density at radius 3 is 2.45 bits per heavy atom. The summed E-state index contributed by atoms with van der Waals surface area (Å²) in [5.41, 5.74) is 0.432. The number of methoxy groups -OCH3 is 1. The molecule has 0 bridgehead atoms. The van der Waals surface area contributed by atoms with Crippen LogP contribution in [0.4, 0.5) is 5.69 Å². The van der Waals surface area contributed by atoms with Crippen molar-refractivity contribution in [2.75, 3.05) is 24.9 Å². The predicted octanol–water partition coefficient (Wildman–Crippen LogP) is 1.46. The van der Waals surface area contributed by atoms with Gasteiger partial charge in [0.2, 0.25) is 0 Å². The molecule has 1 aliphatic rings. The second-order valence-electron chi connectivity index (χ2n) is 4.88. The minimum atomic E-state index is -3.61. The van der Waals surface area contributed by atoms with E-state index in [0.717, 1.165) is 0 Å². The number of benzene rings is 1. The van der Waals surface area contributed by atoms with Gasteiger partial charge < -0.3 is 9.47 Å². The molecule has 1 aliphatic heterocycles. The highest BCUT2D eigenvalue weighted by Gasteiger charge is 2.31. The molecular formula is C13H20N2O4S. The molecule has 0 unspecified atom stereocenters. The first-order valence-corrected chi connectivity index (χ1v) is 7.92. The van der Waals surface area contributed by atoms with E-state index in [1.54, 1.807) is 24.3 Å². The van der Waals surface area contributed by atoms with Crippen molar-refractivity contribution in [2.24, 2.45) is 0 Å². The van der Waals surface area contributed by atoms with Crippen LogP contribution in [0.2, 0.25) is 0 Å². The summed E-state index contributed by atoms with van der Waals surface area (Å²) in [6, 6.07) is 6.92. The van der Waals surface area contributed by atoms with E-state index < -0.39 is 10.2 Å². The lowest BCUT2D eigenvalue weighted by Crippen LogP contribution is -2.49. The molecule has 1 aromatic rings. The zero-order valence-electron chi connectivity index (χ0n) is 11.9. The quantitative estimate of drug-likeness (QED) is 0.914. The van der Waals surface area contributed by atoms with Crippen LogP contribution in [0.5, 0.6) is 5.75 Å². The van der Waals surface area contributed by atoms with Gasteiger partial charge in [0.15, 0.2) is 0 Å². The van der Waals surface area contributed by atoms with Gasteiger partial charge in [0.25, 0.3) is 0 Å². The number of nitrogens with zero attached hydrogens (tertiary/aromatic N) is 1. The third-order valence-electron chi connectivity index (χ3n) is 3.07. The lowest BCUT2D eigenvalue weighted by Gasteiger charge is -2.34. The molecule has 2 rings (SSSR count). The number of anilines is 1. The van der Waals surface area contributed by atoms with Gasteiger partial charge in [-0.05, 0) is 26.0 Å². The standard InChI is InChI=1S/C13H20N2O4S/c1-10-8-15(9-11(2)19-10)20(16,17)14-12-6-4-5-7-13(12)18-3/h4-7,10-11,14H,8-9H2,1-3H3/t10-,11+. The molecule has 20 heavy (non-hydrogen) atoms. The summed E-state index contributed by atoms with van der Waals surface area (Å²) in [6.45, 7) is 4.41. The van der Waals surface area contributed by atoms with Crippen LogP contribution in [0.1, 0.15) is 13.8 Å². The summed E-state index contributed by atoms with van der Waals surface area (Å²) in [5.74, 6) is 0.491. The van der Waals surface area contributed by atoms with Crippen LogP contribution in [-0.2, 0) is 14.9 Å². The van der Waals surface area contributed by atoms with Crippen LogP contribution in [0, 0.1) is 0 Å². The van der Waals surface area contributed by atoms with Crippen molar-refractivity contribution in [3.63, 3.8) is 0 Å². The van der Waals surface area contributed by atoms with Gasteiger partial charge in [-0.25, -0.2) is 0 Å². The Morgan fingerprint density at radius 2 is 1.85 bits per heavy atom. The van der Waals surface area contributed by atoms with Gasteiger partial charge in [0.05, 0.1) is 25.0 Å². The molecule has 0 radical (unpaired) electrons. The van der Waals surface area contributed by atoms with E-state index in [9.17, 15) is 8.42 Å². The first-order chi connectivity index (χ1) is 9.42. The summed E-state index contributed by atoms with van der Waals surface area (Å²) >= 11 is 0. The number of nitrogens with one attached hydrogen (secondary N) is 1. The number of morpholine rings is 1. The average Bonchev–Trinajstić information content (AvgIpc) is 2.38. The molecule has 1 aromatic carbocycles. The van der Waals surface area contributed by atoms with Crippen molar-refractivity contribution in [3.05, 3.63) is 24.3 Å². The molecule has 6 nitrogen and oxygen atoms in total. The molecule has 112 valence electrons. The summed E-state index contributed by atoms with van der Waals surface area (Å²) in [7, 11) is -2.11. The van der Waals surface area contributed by atoms with E-state index in [2.05, 4.69) is 4.72 Å². The molecule has 0 aliphatic carbocycles. The minimum Gasteiger partial charge on any atom is -0.495 e. The summed E-state index contributed by atoms with van der Waals surface area (Å²) < 4.78 is 39.5. The summed E-state index contributed by atoms with van der Waals surface area (Å²) in [4.78, 5) is 0. The van der Waals surface area contributed by atoms with Crippen LogP contribution in [-0.4, -0.2) is 45.1 Å². The second kappa shape index (κ2) is 5.99. The van der Waals surface area contributed by atoms with Crippen molar-refractivity contribution in [3.8, 4) is 5.75 Å². The molecule has 1 heterocycles. The Bertz CT molecular complexity index is 551. The third-order valence-corrected chi connectivity index (χ3v) is 4.53. The Labute approximate surface area is 119 Å². The number of para-hydroxylation sites is 2. The van der Waals surface area contributed by atoms with E-state index in [-0.39, 0.29) is 12.2 Å². The molecular weight excluding hydrogens is 280 g/mol. The highest BCUT2D eigenvalue weighted by Crippen LogP contribution is 2.25. The van der Waals surface area contributed by atoms with Gasteiger partial charge >= 0.3 is 10.2 Å². The Morgan fingerprint density at radius 1 is 1.25 bits per heavy atom. The summed E-state index contributed by atoms with van der Waals surface area (Å²) in [5, 5.41) is 0. The molecule has 0 saturated carbocycles. The smallest absolute Gasteiger partial charge is 0.301 e. The van der Waals surface area contributed by atoms with Crippen LogP contribution < -0.4 is 9.46 Å². The minimum absolute atomic E-state index is 0.118. The lowest BCUT2D eigenvalue weighted by molar-refractivity contribution is -0.0439. The third kappa shape index (κ3) is 3.41. The fourth-order valence-corrected chi connectivity index (χ4v) is 3.65. The lowest BCUT2D eigenvalue weighted by atomic mass is 10.3. The highest BCUT2D eigenvalue weighted by atomic mass is 32.2. The van der Waals surface area contributed by atoms with Crippen LogP contribution >= 0.6 is 0 Å². The average molecular weight is 300 g/mol. The van der Waals surface area contributed by atoms with Crippen molar-refractivity contribution >= 4 is 15.9 Å². The SMILES string of the molecule is COc1ccccc1NS(=O)(=O)N1C[C@@H](C)O[C@@H](C)C1. The van der Waals surface area contributed by atoms with Crippen LogP contribution in [0.3, 0.4) is 0 Å². The maximum Gasteiger partial charge on any atom is 0.301 e. The van der Waals surface area contributed by atoms with E-state index in [1.165, 1.54) is 11.4 Å². The van der Waals surface area contributed by atoms with Crippen LogP contribution in [0.25, 0.3) is 0 Å². The number of hydrogen-bond donors (Lipinski definition) is 1. The first kappa shape index (κ1) is 15.1. The van der Waals surface area contributed by atoms with Crippen molar-refractivity contribution < 1.29 is 17.9 Å². The molecule has 0 spiro atoms. The van der Waals surface area contributed by atoms with Crippen molar-refractivity contribution in [2.45, 2.75) is 26.1 Å². The molecule has 0 aromatic heterocycles. The molecule has 7 heteroatoms. The van der Waals surface area contributed by atoms with Gasteiger partial charge in [-0.3, -0.25) is 4.72 Å². The fourth-order valence-electron chi connectivity index (χ4n) is 2.26. The van der Waals surface area contributed by atoms with Gasteiger partial charge in [0, 0.05) is 13.1 Å².